The Morgan fingerprint density at radius 2 is 2.19 bits per heavy atom. The lowest BCUT2D eigenvalue weighted by Gasteiger charge is -2.13. The normalized spacial score (nSPS) is 12.2. The van der Waals surface area contributed by atoms with Crippen LogP contribution in [-0.2, 0) is 0 Å². The summed E-state index contributed by atoms with van der Waals surface area (Å²) < 4.78 is 1.94. The molecule has 31 heavy (non-hydrogen) atoms. The number of aromatic nitrogens is 6. The lowest BCUT2D eigenvalue weighted by atomic mass is 10.2. The van der Waals surface area contributed by atoms with E-state index in [-0.39, 0.29) is 11.9 Å². The van der Waals surface area contributed by atoms with E-state index in [1.54, 1.807) is 23.6 Å². The highest BCUT2D eigenvalue weighted by Crippen LogP contribution is 2.32. The molecule has 9 nitrogen and oxygen atoms in total. The third-order valence-electron chi connectivity index (χ3n) is 4.73. The number of anilines is 2. The number of aryl methyl sites for hydroxylation is 1. The van der Waals surface area contributed by atoms with Gasteiger partial charge in [0.05, 0.1) is 34.1 Å². The van der Waals surface area contributed by atoms with Crippen LogP contribution in [0.1, 0.15) is 34.0 Å². The van der Waals surface area contributed by atoms with E-state index in [9.17, 15) is 4.79 Å². The van der Waals surface area contributed by atoms with Gasteiger partial charge in [0.2, 0.25) is 0 Å². The maximum Gasteiger partial charge on any atom is 0.253 e. The van der Waals surface area contributed by atoms with E-state index in [4.69, 9.17) is 0 Å². The van der Waals surface area contributed by atoms with Crippen LogP contribution in [0.25, 0.3) is 16.2 Å². The van der Waals surface area contributed by atoms with Crippen LogP contribution in [-0.4, -0.2) is 35.5 Å². The molecule has 1 unspecified atom stereocenters. The van der Waals surface area contributed by atoms with Crippen molar-refractivity contribution in [3.8, 4) is 10.6 Å². The number of hydrogen-bond donors (Lipinski definition) is 3. The number of carbonyl (C=O) groups is 1. The zero-order valence-corrected chi connectivity index (χ0v) is 18.3. The molecule has 5 heterocycles. The minimum Gasteiger partial charge on any atom is -0.342 e. The van der Waals surface area contributed by atoms with Crippen molar-refractivity contribution in [2.24, 2.45) is 0 Å². The summed E-state index contributed by atoms with van der Waals surface area (Å²) in [6.07, 6.45) is 6.85. The monoisotopic (exact) mass is 450 g/mol. The Bertz CT molecular complexity index is 1340. The fourth-order valence-corrected chi connectivity index (χ4v) is 4.65. The first-order valence-corrected chi connectivity index (χ1v) is 11.2. The van der Waals surface area contributed by atoms with E-state index in [0.717, 1.165) is 21.3 Å². The summed E-state index contributed by atoms with van der Waals surface area (Å²) >= 11 is 3.16. The van der Waals surface area contributed by atoms with Gasteiger partial charge in [0, 0.05) is 22.7 Å². The number of fused-ring (bicyclic) bond motifs is 1. The summed E-state index contributed by atoms with van der Waals surface area (Å²) in [5.41, 5.74) is 2.84. The molecule has 0 saturated carbocycles. The Balaban J connectivity index is 1.57. The molecule has 1 amide bonds. The molecule has 0 fully saturated rings. The first-order valence-electron chi connectivity index (χ1n) is 9.50. The maximum absolute atomic E-state index is 13.1. The van der Waals surface area contributed by atoms with Crippen LogP contribution in [0.3, 0.4) is 0 Å². The molecule has 0 aliphatic carbocycles. The number of amides is 1. The third kappa shape index (κ3) is 3.80. The van der Waals surface area contributed by atoms with Crippen molar-refractivity contribution in [1.29, 1.82) is 0 Å². The van der Waals surface area contributed by atoms with Gasteiger partial charge < -0.3 is 15.6 Å². The number of rotatable bonds is 6. The molecule has 3 N–H and O–H groups in total. The van der Waals surface area contributed by atoms with Crippen molar-refractivity contribution < 1.29 is 4.79 Å². The second kappa shape index (κ2) is 7.93. The first-order chi connectivity index (χ1) is 15.1. The van der Waals surface area contributed by atoms with Crippen LogP contribution in [0.4, 0.5) is 10.8 Å². The zero-order chi connectivity index (χ0) is 21.4. The van der Waals surface area contributed by atoms with Gasteiger partial charge in [-0.15, -0.1) is 32.9 Å². The number of aromatic amines is 1. The predicted octanol–water partition coefficient (Wildman–Crippen LogP) is 4.18. The number of nitrogens with one attached hydrogen (secondary N) is 3. The van der Waals surface area contributed by atoms with Crippen molar-refractivity contribution in [1.82, 2.24) is 34.9 Å². The quantitative estimate of drug-likeness (QED) is 0.358. The van der Waals surface area contributed by atoms with Crippen LogP contribution in [0.5, 0.6) is 0 Å². The van der Waals surface area contributed by atoms with E-state index in [1.165, 1.54) is 22.5 Å². The van der Waals surface area contributed by atoms with Gasteiger partial charge >= 0.3 is 0 Å². The molecule has 0 bridgehead atoms. The number of imidazole rings is 1. The minimum atomic E-state index is -0.316. The lowest BCUT2D eigenvalue weighted by Crippen LogP contribution is -2.27. The van der Waals surface area contributed by atoms with Crippen molar-refractivity contribution in [3.05, 3.63) is 64.8 Å². The number of thiazole rings is 1. The lowest BCUT2D eigenvalue weighted by molar-refractivity contribution is 0.0938. The van der Waals surface area contributed by atoms with E-state index >= 15 is 0 Å². The summed E-state index contributed by atoms with van der Waals surface area (Å²) in [6, 6.07) is 5.61. The average molecular weight is 451 g/mol. The SMILES string of the molecule is Cc1ccc(-c2cnc3c(Nc4nccs4)cc(C(=O)NC(C)c4nnc[nH]4)cn23)s1. The summed E-state index contributed by atoms with van der Waals surface area (Å²) in [5, 5.41) is 16.6. The van der Waals surface area contributed by atoms with Gasteiger partial charge in [-0.05, 0) is 32.0 Å². The van der Waals surface area contributed by atoms with Crippen molar-refractivity contribution in [2.75, 3.05) is 5.32 Å². The second-order valence-electron chi connectivity index (χ2n) is 6.92. The minimum absolute atomic E-state index is 0.227. The number of hydrogen-bond acceptors (Lipinski definition) is 8. The molecule has 0 aliphatic heterocycles. The van der Waals surface area contributed by atoms with Crippen LogP contribution in [0.15, 0.2) is 48.5 Å². The summed E-state index contributed by atoms with van der Waals surface area (Å²) in [4.78, 5) is 27.2. The first kappa shape index (κ1) is 19.4. The highest BCUT2D eigenvalue weighted by molar-refractivity contribution is 7.15. The van der Waals surface area contributed by atoms with Gasteiger partial charge in [0.25, 0.3) is 5.91 Å². The van der Waals surface area contributed by atoms with E-state index in [1.807, 2.05) is 29.1 Å². The van der Waals surface area contributed by atoms with Gasteiger partial charge in [-0.3, -0.25) is 9.20 Å². The van der Waals surface area contributed by atoms with Gasteiger partial charge in [-0.25, -0.2) is 9.97 Å². The molecule has 0 aliphatic rings. The number of H-pyrrole nitrogens is 1. The van der Waals surface area contributed by atoms with Gasteiger partial charge in [-0.2, -0.15) is 0 Å². The number of carbonyl (C=O) groups excluding carboxylic acids is 1. The molecule has 0 saturated heterocycles. The van der Waals surface area contributed by atoms with Crippen LogP contribution >= 0.6 is 22.7 Å². The van der Waals surface area contributed by atoms with Crippen LogP contribution < -0.4 is 10.6 Å². The van der Waals surface area contributed by atoms with Crippen molar-refractivity contribution in [3.63, 3.8) is 0 Å². The Morgan fingerprint density at radius 1 is 1.29 bits per heavy atom. The van der Waals surface area contributed by atoms with Crippen LogP contribution in [0.2, 0.25) is 0 Å². The smallest absolute Gasteiger partial charge is 0.253 e. The largest absolute Gasteiger partial charge is 0.342 e. The third-order valence-corrected chi connectivity index (χ3v) is 6.44. The summed E-state index contributed by atoms with van der Waals surface area (Å²) in [6.45, 7) is 3.92. The highest BCUT2D eigenvalue weighted by Gasteiger charge is 2.19. The number of pyridine rings is 1. The molecule has 0 spiro atoms. The summed E-state index contributed by atoms with van der Waals surface area (Å²) in [5.74, 6) is 0.364. The molecule has 0 radical (unpaired) electrons. The number of nitrogens with zero attached hydrogens (tertiary/aromatic N) is 5. The molecule has 1 atom stereocenters. The Morgan fingerprint density at radius 3 is 2.90 bits per heavy atom. The van der Waals surface area contributed by atoms with Gasteiger partial charge in [-0.1, -0.05) is 0 Å². The Kier molecular flexibility index (Phi) is 4.96. The molecular weight excluding hydrogens is 432 g/mol. The average Bonchev–Trinajstić information content (AvgIpc) is 3.54. The van der Waals surface area contributed by atoms with Crippen LogP contribution in [0, 0.1) is 6.92 Å². The second-order valence-corrected chi connectivity index (χ2v) is 9.10. The molecular formula is C20H18N8OS2. The Labute approximate surface area is 185 Å². The molecule has 5 aromatic rings. The van der Waals surface area contributed by atoms with Crippen molar-refractivity contribution >= 4 is 45.0 Å². The molecule has 5 aromatic heterocycles. The molecule has 156 valence electrons. The van der Waals surface area contributed by atoms with E-state index in [2.05, 4.69) is 54.8 Å². The Hall–Kier alpha value is -3.57. The predicted molar refractivity (Wildman–Crippen MR) is 121 cm³/mol. The summed E-state index contributed by atoms with van der Waals surface area (Å²) in [7, 11) is 0. The molecule has 0 aromatic carbocycles. The van der Waals surface area contributed by atoms with Crippen molar-refractivity contribution in [2.45, 2.75) is 19.9 Å². The zero-order valence-electron chi connectivity index (χ0n) is 16.7. The standard InChI is InChI=1S/C20H18N8OS2/c1-11-3-4-16(31-11)15-8-22-18-14(26-20-21-5-6-30-20)7-13(9-28(15)18)19(29)25-12(2)17-23-10-24-27-17/h3-10,12H,1-2H3,(H,21,26)(H,25,29)(H,23,24,27). The highest BCUT2D eigenvalue weighted by atomic mass is 32.1. The number of thiophene rings is 1. The van der Waals surface area contributed by atoms with Gasteiger partial charge in [0.1, 0.15) is 6.33 Å². The maximum atomic E-state index is 13.1. The van der Waals surface area contributed by atoms with E-state index < -0.39 is 0 Å². The fraction of sp³-hybridized carbons (Fsp3) is 0.150. The fourth-order valence-electron chi connectivity index (χ4n) is 3.23. The topological polar surface area (TPSA) is 113 Å². The van der Waals surface area contributed by atoms with Gasteiger partial charge in [0.15, 0.2) is 16.6 Å². The molecule has 11 heteroatoms. The molecule has 5 rings (SSSR count). The van der Waals surface area contributed by atoms with E-state index in [0.29, 0.717) is 17.1 Å².